The summed E-state index contributed by atoms with van der Waals surface area (Å²) < 4.78 is 0. The standard InChI is InChI=1S/C12H17N3O2/c1-12(8-6-4-3-5-7-8)9(13)14-11(17)15(2)10(12)16/h6H,3-5,7H2,1-2H3,(H2,13,14,17). The van der Waals surface area contributed by atoms with E-state index in [-0.39, 0.29) is 11.7 Å². The van der Waals surface area contributed by atoms with Crippen molar-refractivity contribution in [2.24, 2.45) is 5.41 Å². The number of allylic oxidation sites excluding steroid dienone is 1. The van der Waals surface area contributed by atoms with Crippen LogP contribution in [0.4, 0.5) is 4.79 Å². The van der Waals surface area contributed by atoms with Crippen molar-refractivity contribution in [2.75, 3.05) is 7.05 Å². The lowest BCUT2D eigenvalue weighted by molar-refractivity contribution is -0.132. The molecule has 1 aliphatic heterocycles. The van der Waals surface area contributed by atoms with Gasteiger partial charge in [-0.25, -0.2) is 4.79 Å². The van der Waals surface area contributed by atoms with E-state index in [4.69, 9.17) is 5.41 Å². The molecule has 2 aliphatic rings. The predicted molar refractivity (Wildman–Crippen MR) is 63.7 cm³/mol. The second-order valence-corrected chi connectivity index (χ2v) is 4.77. The van der Waals surface area contributed by atoms with Gasteiger partial charge in [0.1, 0.15) is 11.3 Å². The summed E-state index contributed by atoms with van der Waals surface area (Å²) in [6.07, 6.45) is 5.99. The summed E-state index contributed by atoms with van der Waals surface area (Å²) in [6.45, 7) is 1.73. The summed E-state index contributed by atoms with van der Waals surface area (Å²) >= 11 is 0. The summed E-state index contributed by atoms with van der Waals surface area (Å²) in [5.41, 5.74) is -0.0195. The highest BCUT2D eigenvalue weighted by Crippen LogP contribution is 2.37. The number of rotatable bonds is 1. The number of imide groups is 1. The van der Waals surface area contributed by atoms with Crippen molar-refractivity contribution < 1.29 is 9.59 Å². The predicted octanol–water partition coefficient (Wildman–Crippen LogP) is 1.65. The smallest absolute Gasteiger partial charge is 0.295 e. The third kappa shape index (κ3) is 1.66. The van der Waals surface area contributed by atoms with Crippen LogP contribution in [0, 0.1) is 10.8 Å². The van der Waals surface area contributed by atoms with Gasteiger partial charge in [-0.1, -0.05) is 11.6 Å². The molecule has 0 radical (unpaired) electrons. The van der Waals surface area contributed by atoms with Gasteiger partial charge in [0.25, 0.3) is 0 Å². The summed E-state index contributed by atoms with van der Waals surface area (Å²) in [5, 5.41) is 10.4. The maximum Gasteiger partial charge on any atom is 0.329 e. The van der Waals surface area contributed by atoms with Gasteiger partial charge in [-0.15, -0.1) is 0 Å². The molecule has 0 aromatic carbocycles. The molecule has 1 heterocycles. The zero-order valence-electron chi connectivity index (χ0n) is 10.2. The van der Waals surface area contributed by atoms with Crippen molar-refractivity contribution in [3.8, 4) is 0 Å². The lowest BCUT2D eigenvalue weighted by Gasteiger charge is -2.39. The number of amidine groups is 1. The number of carbonyl (C=O) groups excluding carboxylic acids is 2. The quantitative estimate of drug-likeness (QED) is 0.678. The Kier molecular flexibility index (Phi) is 2.77. The lowest BCUT2D eigenvalue weighted by Crippen LogP contribution is -2.62. The minimum atomic E-state index is -0.983. The van der Waals surface area contributed by atoms with Gasteiger partial charge in [0, 0.05) is 7.05 Å². The molecule has 0 saturated carbocycles. The number of hydrogen-bond acceptors (Lipinski definition) is 3. The molecule has 5 nitrogen and oxygen atoms in total. The third-order valence-corrected chi connectivity index (χ3v) is 3.70. The Hall–Kier alpha value is -1.65. The number of nitrogens with one attached hydrogen (secondary N) is 2. The summed E-state index contributed by atoms with van der Waals surface area (Å²) in [4.78, 5) is 24.7. The van der Waals surface area contributed by atoms with Crippen LogP contribution in [0.2, 0.25) is 0 Å². The molecule has 0 aromatic rings. The first-order chi connectivity index (χ1) is 7.98. The molecule has 2 N–H and O–H groups in total. The van der Waals surface area contributed by atoms with E-state index in [0.29, 0.717) is 0 Å². The normalized spacial score (nSPS) is 30.1. The average molecular weight is 235 g/mol. The largest absolute Gasteiger partial charge is 0.329 e. The SMILES string of the molecule is CN1C(=O)NC(=N)C(C)(C2=CCCCC2)C1=O. The maximum absolute atomic E-state index is 12.3. The number of nitrogens with zero attached hydrogens (tertiary/aromatic N) is 1. The van der Waals surface area contributed by atoms with Crippen LogP contribution in [-0.4, -0.2) is 29.7 Å². The summed E-state index contributed by atoms with van der Waals surface area (Å²) in [7, 11) is 1.45. The first kappa shape index (κ1) is 11.8. The lowest BCUT2D eigenvalue weighted by atomic mass is 9.74. The zero-order valence-corrected chi connectivity index (χ0v) is 10.2. The first-order valence-electron chi connectivity index (χ1n) is 5.85. The number of carbonyl (C=O) groups is 2. The van der Waals surface area contributed by atoms with Gasteiger partial charge in [0.15, 0.2) is 0 Å². The molecule has 0 spiro atoms. The monoisotopic (exact) mass is 235 g/mol. The Balaban J connectivity index is 2.40. The first-order valence-corrected chi connectivity index (χ1v) is 5.85. The minimum absolute atomic E-state index is 0.00116. The highest BCUT2D eigenvalue weighted by atomic mass is 16.2. The van der Waals surface area contributed by atoms with Crippen LogP contribution < -0.4 is 5.32 Å². The second-order valence-electron chi connectivity index (χ2n) is 4.77. The van der Waals surface area contributed by atoms with Crippen LogP contribution in [-0.2, 0) is 4.79 Å². The molecule has 0 bridgehead atoms. The van der Waals surface area contributed by atoms with Gasteiger partial charge in [0.05, 0.1) is 0 Å². The molecule has 1 atom stereocenters. The molecule has 2 rings (SSSR count). The average Bonchev–Trinajstić information content (AvgIpc) is 2.35. The van der Waals surface area contributed by atoms with E-state index in [9.17, 15) is 9.59 Å². The molecular weight excluding hydrogens is 218 g/mol. The van der Waals surface area contributed by atoms with Crippen LogP contribution >= 0.6 is 0 Å². The molecule has 1 aliphatic carbocycles. The Bertz CT molecular complexity index is 427. The highest BCUT2D eigenvalue weighted by Gasteiger charge is 2.48. The Morgan fingerprint density at radius 3 is 2.71 bits per heavy atom. The molecule has 5 heteroatoms. The van der Waals surface area contributed by atoms with Crippen LogP contribution in [0.3, 0.4) is 0 Å². The topological polar surface area (TPSA) is 73.3 Å². The fourth-order valence-electron chi connectivity index (χ4n) is 2.44. The van der Waals surface area contributed by atoms with E-state index < -0.39 is 11.4 Å². The minimum Gasteiger partial charge on any atom is -0.295 e. The van der Waals surface area contributed by atoms with Crippen molar-refractivity contribution in [2.45, 2.75) is 32.6 Å². The number of amides is 3. The third-order valence-electron chi connectivity index (χ3n) is 3.70. The summed E-state index contributed by atoms with van der Waals surface area (Å²) in [6, 6.07) is -0.520. The van der Waals surface area contributed by atoms with E-state index in [1.807, 2.05) is 6.08 Å². The molecule has 1 fully saturated rings. The van der Waals surface area contributed by atoms with Crippen molar-refractivity contribution in [3.63, 3.8) is 0 Å². The van der Waals surface area contributed by atoms with E-state index >= 15 is 0 Å². The molecule has 3 amide bonds. The van der Waals surface area contributed by atoms with Crippen molar-refractivity contribution in [1.29, 1.82) is 5.41 Å². The van der Waals surface area contributed by atoms with Crippen molar-refractivity contribution >= 4 is 17.8 Å². The van der Waals surface area contributed by atoms with E-state index in [1.165, 1.54) is 7.05 Å². The van der Waals surface area contributed by atoms with Crippen molar-refractivity contribution in [3.05, 3.63) is 11.6 Å². The molecule has 0 aromatic heterocycles. The Labute approximate surface area is 100 Å². The molecule has 1 unspecified atom stereocenters. The number of hydrogen-bond donors (Lipinski definition) is 2. The highest BCUT2D eigenvalue weighted by molar-refractivity contribution is 6.21. The van der Waals surface area contributed by atoms with Crippen molar-refractivity contribution in [1.82, 2.24) is 10.2 Å². The van der Waals surface area contributed by atoms with Gasteiger partial charge in [-0.2, -0.15) is 0 Å². The van der Waals surface area contributed by atoms with Gasteiger partial charge in [-0.3, -0.25) is 20.4 Å². The summed E-state index contributed by atoms with van der Waals surface area (Å²) in [5.74, 6) is -0.307. The van der Waals surface area contributed by atoms with Gasteiger partial charge >= 0.3 is 6.03 Å². The molecular formula is C12H17N3O2. The van der Waals surface area contributed by atoms with Gasteiger partial charge in [0.2, 0.25) is 5.91 Å². The fraction of sp³-hybridized carbons (Fsp3) is 0.583. The second kappa shape index (κ2) is 3.98. The Morgan fingerprint density at radius 1 is 1.41 bits per heavy atom. The Morgan fingerprint density at radius 2 is 2.12 bits per heavy atom. The van der Waals surface area contributed by atoms with E-state index in [1.54, 1.807) is 6.92 Å². The van der Waals surface area contributed by atoms with Gasteiger partial charge in [-0.05, 0) is 32.6 Å². The van der Waals surface area contributed by atoms with Crippen LogP contribution in [0.15, 0.2) is 11.6 Å². The zero-order chi connectivity index (χ0) is 12.6. The maximum atomic E-state index is 12.3. The van der Waals surface area contributed by atoms with Gasteiger partial charge < -0.3 is 0 Å². The molecule has 17 heavy (non-hydrogen) atoms. The van der Waals surface area contributed by atoms with E-state index in [2.05, 4.69) is 5.32 Å². The van der Waals surface area contributed by atoms with Crippen LogP contribution in [0.1, 0.15) is 32.6 Å². The van der Waals surface area contributed by atoms with Crippen LogP contribution in [0.25, 0.3) is 0 Å². The van der Waals surface area contributed by atoms with E-state index in [0.717, 1.165) is 36.2 Å². The number of urea groups is 1. The van der Waals surface area contributed by atoms with Crippen LogP contribution in [0.5, 0.6) is 0 Å². The molecule has 1 saturated heterocycles. The fourth-order valence-corrected chi connectivity index (χ4v) is 2.44. The molecule has 92 valence electrons.